The minimum Gasteiger partial charge on any atom is -0.342 e. The molecule has 3 nitrogen and oxygen atoms in total. The van der Waals surface area contributed by atoms with E-state index >= 15 is 0 Å². The molecule has 92 valence electrons. The lowest BCUT2D eigenvalue weighted by molar-refractivity contribution is -0.131. The van der Waals surface area contributed by atoms with Crippen molar-refractivity contribution < 1.29 is 4.79 Å². The molecule has 1 heterocycles. The Labute approximate surface area is 107 Å². The molecule has 0 spiro atoms. The Balaban J connectivity index is 2.27. The van der Waals surface area contributed by atoms with Crippen molar-refractivity contribution in [3.05, 3.63) is 22.4 Å². The zero-order valence-corrected chi connectivity index (χ0v) is 11.2. The number of aryl methyl sites for hydroxylation is 1. The Bertz CT molecular complexity index is 381. The summed E-state index contributed by atoms with van der Waals surface area (Å²) in [4.78, 5) is 14.8. The van der Waals surface area contributed by atoms with Gasteiger partial charge in [0.1, 0.15) is 0 Å². The van der Waals surface area contributed by atoms with Crippen LogP contribution in [0.25, 0.3) is 0 Å². The van der Waals surface area contributed by atoms with Gasteiger partial charge >= 0.3 is 0 Å². The third-order valence-electron chi connectivity index (χ3n) is 2.84. The summed E-state index contributed by atoms with van der Waals surface area (Å²) >= 11 is 1.73. The maximum absolute atomic E-state index is 11.8. The minimum absolute atomic E-state index is 0.00855. The molecule has 1 amide bonds. The third-order valence-corrected chi connectivity index (χ3v) is 3.77. The highest BCUT2D eigenvalue weighted by Crippen LogP contribution is 2.13. The van der Waals surface area contributed by atoms with Crippen molar-refractivity contribution in [3.63, 3.8) is 0 Å². The molecule has 0 aromatic carbocycles. The number of nitriles is 1. The molecule has 0 aliphatic carbocycles. The van der Waals surface area contributed by atoms with E-state index < -0.39 is 0 Å². The van der Waals surface area contributed by atoms with Crippen LogP contribution in [0.2, 0.25) is 0 Å². The highest BCUT2D eigenvalue weighted by Gasteiger charge is 2.14. The van der Waals surface area contributed by atoms with Crippen LogP contribution >= 0.6 is 11.3 Å². The number of thiophene rings is 1. The second-order valence-electron chi connectivity index (χ2n) is 4.15. The van der Waals surface area contributed by atoms with Gasteiger partial charge in [0.15, 0.2) is 0 Å². The fourth-order valence-corrected chi connectivity index (χ4v) is 2.31. The SMILES string of the molecule is CC(CC#N)N(C)C(=O)CCCc1cccs1. The first-order chi connectivity index (χ1) is 8.15. The Morgan fingerprint density at radius 2 is 2.41 bits per heavy atom. The van der Waals surface area contributed by atoms with Crippen molar-refractivity contribution in [2.24, 2.45) is 0 Å². The number of hydrogen-bond donors (Lipinski definition) is 0. The second kappa shape index (κ2) is 7.08. The van der Waals surface area contributed by atoms with Gasteiger partial charge in [-0.1, -0.05) is 6.07 Å². The van der Waals surface area contributed by atoms with Crippen LogP contribution in [0.5, 0.6) is 0 Å². The van der Waals surface area contributed by atoms with Gasteiger partial charge in [0.2, 0.25) is 5.91 Å². The Morgan fingerprint density at radius 1 is 1.65 bits per heavy atom. The lowest BCUT2D eigenvalue weighted by atomic mass is 10.1. The molecule has 1 aromatic rings. The van der Waals surface area contributed by atoms with E-state index in [1.54, 1.807) is 23.3 Å². The predicted octanol–water partition coefficient (Wildman–Crippen LogP) is 2.83. The van der Waals surface area contributed by atoms with Crippen molar-refractivity contribution in [2.75, 3.05) is 7.05 Å². The number of rotatable bonds is 6. The van der Waals surface area contributed by atoms with Gasteiger partial charge in [-0.2, -0.15) is 5.26 Å². The van der Waals surface area contributed by atoms with Crippen LogP contribution in [0.15, 0.2) is 17.5 Å². The van der Waals surface area contributed by atoms with Gasteiger partial charge in [-0.15, -0.1) is 11.3 Å². The van der Waals surface area contributed by atoms with E-state index in [2.05, 4.69) is 17.5 Å². The summed E-state index contributed by atoms with van der Waals surface area (Å²) in [6, 6.07) is 6.22. The maximum Gasteiger partial charge on any atom is 0.222 e. The van der Waals surface area contributed by atoms with Gasteiger partial charge in [0.05, 0.1) is 12.5 Å². The number of nitrogens with zero attached hydrogens (tertiary/aromatic N) is 2. The summed E-state index contributed by atoms with van der Waals surface area (Å²) in [5.41, 5.74) is 0. The number of carbonyl (C=O) groups excluding carboxylic acids is 1. The monoisotopic (exact) mass is 250 g/mol. The molecular weight excluding hydrogens is 232 g/mol. The van der Waals surface area contributed by atoms with Crippen molar-refractivity contribution in [2.45, 2.75) is 38.6 Å². The van der Waals surface area contributed by atoms with Gasteiger partial charge in [0, 0.05) is 24.4 Å². The molecule has 1 atom stereocenters. The van der Waals surface area contributed by atoms with Crippen LogP contribution in [0.4, 0.5) is 0 Å². The molecule has 17 heavy (non-hydrogen) atoms. The molecule has 4 heteroatoms. The van der Waals surface area contributed by atoms with Crippen LogP contribution in [0.3, 0.4) is 0 Å². The molecular formula is C13H18N2OS. The van der Waals surface area contributed by atoms with Gasteiger partial charge in [-0.25, -0.2) is 0 Å². The second-order valence-corrected chi connectivity index (χ2v) is 5.18. The first kappa shape index (κ1) is 13.7. The van der Waals surface area contributed by atoms with E-state index in [0.29, 0.717) is 12.8 Å². The number of carbonyl (C=O) groups is 1. The summed E-state index contributed by atoms with van der Waals surface area (Å²) in [7, 11) is 1.77. The Kier molecular flexibility index (Phi) is 5.71. The maximum atomic E-state index is 11.8. The lowest BCUT2D eigenvalue weighted by Gasteiger charge is -2.22. The molecule has 0 saturated carbocycles. The molecule has 0 N–H and O–H groups in total. The molecule has 0 bridgehead atoms. The lowest BCUT2D eigenvalue weighted by Crippen LogP contribution is -2.34. The summed E-state index contributed by atoms with van der Waals surface area (Å²) < 4.78 is 0. The third kappa shape index (κ3) is 4.58. The largest absolute Gasteiger partial charge is 0.342 e. The van der Waals surface area contributed by atoms with Crippen molar-refractivity contribution >= 4 is 17.2 Å². The van der Waals surface area contributed by atoms with Crippen LogP contribution in [-0.2, 0) is 11.2 Å². The molecule has 0 aliphatic rings. The average Bonchev–Trinajstić information content (AvgIpc) is 2.81. The van der Waals surface area contributed by atoms with Gasteiger partial charge < -0.3 is 4.90 Å². The molecule has 0 fully saturated rings. The van der Waals surface area contributed by atoms with Crippen molar-refractivity contribution in [1.82, 2.24) is 4.90 Å². The zero-order chi connectivity index (χ0) is 12.7. The van der Waals surface area contributed by atoms with Gasteiger partial charge in [-0.05, 0) is 31.2 Å². The normalized spacial score (nSPS) is 11.8. The molecule has 0 saturated heterocycles. The van der Waals surface area contributed by atoms with E-state index in [4.69, 9.17) is 5.26 Å². The van der Waals surface area contributed by atoms with E-state index in [9.17, 15) is 4.79 Å². The van der Waals surface area contributed by atoms with E-state index in [1.165, 1.54) is 4.88 Å². The predicted molar refractivity (Wildman–Crippen MR) is 69.7 cm³/mol. The van der Waals surface area contributed by atoms with Crippen molar-refractivity contribution in [1.29, 1.82) is 5.26 Å². The van der Waals surface area contributed by atoms with E-state index in [1.807, 2.05) is 13.0 Å². The van der Waals surface area contributed by atoms with E-state index in [-0.39, 0.29) is 11.9 Å². The fourth-order valence-electron chi connectivity index (χ4n) is 1.56. The highest BCUT2D eigenvalue weighted by atomic mass is 32.1. The van der Waals surface area contributed by atoms with Crippen LogP contribution < -0.4 is 0 Å². The summed E-state index contributed by atoms with van der Waals surface area (Å²) in [5.74, 6) is 0.129. The quantitative estimate of drug-likeness (QED) is 0.779. The topological polar surface area (TPSA) is 44.1 Å². The summed E-state index contributed by atoms with van der Waals surface area (Å²) in [6.45, 7) is 1.90. The summed E-state index contributed by atoms with van der Waals surface area (Å²) in [6.07, 6.45) is 2.80. The summed E-state index contributed by atoms with van der Waals surface area (Å²) in [5, 5.41) is 10.6. The van der Waals surface area contributed by atoms with Crippen LogP contribution in [0.1, 0.15) is 31.1 Å². The smallest absolute Gasteiger partial charge is 0.222 e. The number of hydrogen-bond acceptors (Lipinski definition) is 3. The van der Waals surface area contributed by atoms with Crippen LogP contribution in [0, 0.1) is 11.3 Å². The molecule has 1 unspecified atom stereocenters. The number of amides is 1. The van der Waals surface area contributed by atoms with Gasteiger partial charge in [0.25, 0.3) is 0 Å². The minimum atomic E-state index is 0.00855. The Hall–Kier alpha value is -1.34. The molecule has 0 aliphatic heterocycles. The zero-order valence-electron chi connectivity index (χ0n) is 10.3. The molecule has 0 radical (unpaired) electrons. The average molecular weight is 250 g/mol. The van der Waals surface area contributed by atoms with Crippen molar-refractivity contribution in [3.8, 4) is 6.07 Å². The Morgan fingerprint density at radius 3 is 3.00 bits per heavy atom. The van der Waals surface area contributed by atoms with Crippen LogP contribution in [-0.4, -0.2) is 23.9 Å². The van der Waals surface area contributed by atoms with Gasteiger partial charge in [-0.3, -0.25) is 4.79 Å². The first-order valence-electron chi connectivity index (χ1n) is 5.80. The molecule has 1 aromatic heterocycles. The van der Waals surface area contributed by atoms with E-state index in [0.717, 1.165) is 12.8 Å². The highest BCUT2D eigenvalue weighted by molar-refractivity contribution is 7.09. The fraction of sp³-hybridized carbons (Fsp3) is 0.538. The molecule has 1 rings (SSSR count). The first-order valence-corrected chi connectivity index (χ1v) is 6.68. The standard InChI is InChI=1S/C13H18N2OS/c1-11(8-9-14)15(2)13(16)7-3-5-12-6-4-10-17-12/h4,6,10-11H,3,5,7-8H2,1-2H3.